The van der Waals surface area contributed by atoms with Gasteiger partial charge in [-0.15, -0.1) is 0 Å². The van der Waals surface area contributed by atoms with E-state index in [-0.39, 0.29) is 11.4 Å². The SMILES string of the molecule is CCN(CC(C)(C)CN)C(=O)N1CCCCCC1. The normalized spacial score (nSPS) is 17.4. The quantitative estimate of drug-likeness (QED) is 0.838. The average Bonchev–Trinajstić information content (AvgIpc) is 2.64. The predicted molar refractivity (Wildman–Crippen MR) is 75.5 cm³/mol. The number of amides is 2. The fraction of sp³-hybridized carbons (Fsp3) is 0.929. The lowest BCUT2D eigenvalue weighted by Gasteiger charge is -2.34. The summed E-state index contributed by atoms with van der Waals surface area (Å²) in [6.07, 6.45) is 4.79. The lowest BCUT2D eigenvalue weighted by Crippen LogP contribution is -2.48. The number of likely N-dealkylation sites (tertiary alicyclic amines) is 1. The molecular weight excluding hydrogens is 226 g/mol. The van der Waals surface area contributed by atoms with Crippen molar-refractivity contribution in [2.75, 3.05) is 32.7 Å². The van der Waals surface area contributed by atoms with Crippen molar-refractivity contribution >= 4 is 6.03 Å². The Morgan fingerprint density at radius 2 is 1.78 bits per heavy atom. The Kier molecular flexibility index (Phi) is 5.93. The Morgan fingerprint density at radius 3 is 2.22 bits per heavy atom. The molecule has 18 heavy (non-hydrogen) atoms. The first-order chi connectivity index (χ1) is 8.50. The maximum Gasteiger partial charge on any atom is 0.320 e. The molecule has 1 fully saturated rings. The van der Waals surface area contributed by atoms with Crippen LogP contribution in [0.4, 0.5) is 4.79 Å². The van der Waals surface area contributed by atoms with Crippen LogP contribution in [-0.2, 0) is 0 Å². The highest BCUT2D eigenvalue weighted by molar-refractivity contribution is 5.74. The van der Waals surface area contributed by atoms with Crippen molar-refractivity contribution in [3.05, 3.63) is 0 Å². The van der Waals surface area contributed by atoms with Crippen molar-refractivity contribution in [3.63, 3.8) is 0 Å². The Bertz CT molecular complexity index is 258. The van der Waals surface area contributed by atoms with Gasteiger partial charge in [-0.05, 0) is 31.7 Å². The summed E-state index contributed by atoms with van der Waals surface area (Å²) in [5, 5.41) is 0. The molecule has 4 heteroatoms. The number of nitrogens with two attached hydrogens (primary N) is 1. The van der Waals surface area contributed by atoms with Gasteiger partial charge in [0.1, 0.15) is 0 Å². The van der Waals surface area contributed by atoms with Gasteiger partial charge < -0.3 is 15.5 Å². The summed E-state index contributed by atoms with van der Waals surface area (Å²) in [4.78, 5) is 16.4. The van der Waals surface area contributed by atoms with E-state index in [1.807, 2.05) is 16.7 Å². The highest BCUT2D eigenvalue weighted by atomic mass is 16.2. The lowest BCUT2D eigenvalue weighted by molar-refractivity contribution is 0.136. The van der Waals surface area contributed by atoms with Crippen LogP contribution in [0.1, 0.15) is 46.5 Å². The lowest BCUT2D eigenvalue weighted by atomic mass is 9.93. The number of urea groups is 1. The zero-order chi connectivity index (χ0) is 13.6. The van der Waals surface area contributed by atoms with E-state index in [9.17, 15) is 4.79 Å². The first-order valence-electron chi connectivity index (χ1n) is 7.24. The van der Waals surface area contributed by atoms with Crippen molar-refractivity contribution < 1.29 is 4.79 Å². The standard InChI is InChI=1S/C14H29N3O/c1-4-16(12-14(2,3)11-15)13(18)17-9-7-5-6-8-10-17/h4-12,15H2,1-3H3. The monoisotopic (exact) mass is 255 g/mol. The maximum atomic E-state index is 12.5. The molecule has 0 atom stereocenters. The molecule has 1 rings (SSSR count). The number of nitrogens with zero attached hydrogens (tertiary/aromatic N) is 2. The Balaban J connectivity index is 2.60. The molecule has 0 unspecified atom stereocenters. The summed E-state index contributed by atoms with van der Waals surface area (Å²) >= 11 is 0. The van der Waals surface area contributed by atoms with Crippen LogP contribution in [0, 0.1) is 5.41 Å². The third kappa shape index (κ3) is 4.48. The van der Waals surface area contributed by atoms with Crippen LogP contribution < -0.4 is 5.73 Å². The van der Waals surface area contributed by atoms with Gasteiger partial charge in [0.15, 0.2) is 0 Å². The van der Waals surface area contributed by atoms with E-state index >= 15 is 0 Å². The van der Waals surface area contributed by atoms with E-state index in [1.54, 1.807) is 0 Å². The molecular formula is C14H29N3O. The van der Waals surface area contributed by atoms with Crippen molar-refractivity contribution in [1.82, 2.24) is 9.80 Å². The summed E-state index contributed by atoms with van der Waals surface area (Å²) in [6, 6.07) is 0.195. The number of rotatable bonds is 4. The molecule has 2 N–H and O–H groups in total. The third-order valence-electron chi connectivity index (χ3n) is 3.70. The first kappa shape index (κ1) is 15.3. The third-order valence-corrected chi connectivity index (χ3v) is 3.70. The van der Waals surface area contributed by atoms with E-state index in [4.69, 9.17) is 5.73 Å². The second-order valence-electron chi connectivity index (χ2n) is 6.07. The predicted octanol–water partition coefficient (Wildman–Crippen LogP) is 2.29. The van der Waals surface area contributed by atoms with Crippen LogP contribution in [-0.4, -0.2) is 48.6 Å². The molecule has 0 radical (unpaired) electrons. The van der Waals surface area contributed by atoms with Crippen molar-refractivity contribution in [1.29, 1.82) is 0 Å². The smallest absolute Gasteiger partial charge is 0.320 e. The Morgan fingerprint density at radius 1 is 1.22 bits per heavy atom. The molecule has 0 aliphatic carbocycles. The fourth-order valence-corrected chi connectivity index (χ4v) is 2.36. The summed E-state index contributed by atoms with van der Waals surface area (Å²) < 4.78 is 0. The maximum absolute atomic E-state index is 12.5. The number of hydrogen-bond donors (Lipinski definition) is 1. The molecule has 2 amide bonds. The summed E-state index contributed by atoms with van der Waals surface area (Å²) in [5.74, 6) is 0. The van der Waals surface area contributed by atoms with Gasteiger partial charge in [-0.1, -0.05) is 26.7 Å². The zero-order valence-electron chi connectivity index (χ0n) is 12.2. The van der Waals surface area contributed by atoms with Gasteiger partial charge in [0.2, 0.25) is 0 Å². The molecule has 0 aromatic carbocycles. The molecule has 0 bridgehead atoms. The topological polar surface area (TPSA) is 49.6 Å². The second kappa shape index (κ2) is 6.98. The van der Waals surface area contributed by atoms with E-state index in [0.29, 0.717) is 6.54 Å². The van der Waals surface area contributed by atoms with Crippen LogP contribution >= 0.6 is 0 Å². The summed E-state index contributed by atoms with van der Waals surface area (Å²) in [7, 11) is 0. The second-order valence-corrected chi connectivity index (χ2v) is 6.07. The molecule has 1 aliphatic rings. The average molecular weight is 255 g/mol. The Labute approximate surface area is 111 Å². The van der Waals surface area contributed by atoms with Crippen LogP contribution in [0.5, 0.6) is 0 Å². The van der Waals surface area contributed by atoms with Gasteiger partial charge in [0.25, 0.3) is 0 Å². The van der Waals surface area contributed by atoms with Gasteiger partial charge in [0.05, 0.1) is 0 Å². The van der Waals surface area contributed by atoms with E-state index in [0.717, 1.165) is 39.0 Å². The van der Waals surface area contributed by atoms with Gasteiger partial charge in [-0.2, -0.15) is 0 Å². The summed E-state index contributed by atoms with van der Waals surface area (Å²) in [6.45, 7) is 10.2. The molecule has 0 aromatic rings. The van der Waals surface area contributed by atoms with Crippen LogP contribution in [0.25, 0.3) is 0 Å². The van der Waals surface area contributed by atoms with E-state index in [2.05, 4.69) is 13.8 Å². The Hall–Kier alpha value is -0.770. The molecule has 1 saturated heterocycles. The molecule has 106 valence electrons. The van der Waals surface area contributed by atoms with Gasteiger partial charge in [0, 0.05) is 26.2 Å². The van der Waals surface area contributed by atoms with Crippen LogP contribution in [0.3, 0.4) is 0 Å². The van der Waals surface area contributed by atoms with Crippen molar-refractivity contribution in [2.45, 2.75) is 46.5 Å². The first-order valence-corrected chi connectivity index (χ1v) is 7.24. The molecule has 1 aliphatic heterocycles. The van der Waals surface area contributed by atoms with Gasteiger partial charge >= 0.3 is 6.03 Å². The zero-order valence-corrected chi connectivity index (χ0v) is 12.2. The van der Waals surface area contributed by atoms with Crippen LogP contribution in [0.2, 0.25) is 0 Å². The highest BCUT2D eigenvalue weighted by Gasteiger charge is 2.26. The van der Waals surface area contributed by atoms with Crippen molar-refractivity contribution in [3.8, 4) is 0 Å². The minimum absolute atomic E-state index is 0.00246. The molecule has 4 nitrogen and oxygen atoms in total. The molecule has 0 aromatic heterocycles. The largest absolute Gasteiger partial charge is 0.330 e. The number of hydrogen-bond acceptors (Lipinski definition) is 2. The van der Waals surface area contributed by atoms with Gasteiger partial charge in [-0.3, -0.25) is 0 Å². The highest BCUT2D eigenvalue weighted by Crippen LogP contribution is 2.17. The number of carbonyl (C=O) groups excluding carboxylic acids is 1. The van der Waals surface area contributed by atoms with E-state index in [1.165, 1.54) is 12.8 Å². The number of carbonyl (C=O) groups is 1. The molecule has 0 saturated carbocycles. The van der Waals surface area contributed by atoms with Crippen LogP contribution in [0.15, 0.2) is 0 Å². The van der Waals surface area contributed by atoms with Gasteiger partial charge in [-0.25, -0.2) is 4.79 Å². The fourth-order valence-electron chi connectivity index (χ4n) is 2.36. The van der Waals surface area contributed by atoms with Crippen molar-refractivity contribution in [2.24, 2.45) is 11.1 Å². The summed E-state index contributed by atoms with van der Waals surface area (Å²) in [5.41, 5.74) is 5.76. The molecule has 1 heterocycles. The minimum Gasteiger partial charge on any atom is -0.330 e. The molecule has 0 spiro atoms. The minimum atomic E-state index is -0.00246. The van der Waals surface area contributed by atoms with E-state index < -0.39 is 0 Å².